The van der Waals surface area contributed by atoms with E-state index in [1.54, 1.807) is 0 Å². The molecule has 0 unspecified atom stereocenters. The smallest absolute Gasteiger partial charge is 0.137 e. The van der Waals surface area contributed by atoms with Crippen LogP contribution in [-0.2, 0) is 0 Å². The average Bonchev–Trinajstić information content (AvgIpc) is 3.47. The Hall–Kier alpha value is -5.34. The van der Waals surface area contributed by atoms with E-state index in [0.29, 0.717) is 0 Å². The van der Waals surface area contributed by atoms with Gasteiger partial charge >= 0.3 is 0 Å². The summed E-state index contributed by atoms with van der Waals surface area (Å²) < 4.78 is 6.42. The third-order valence-electron chi connectivity index (χ3n) is 7.30. The fourth-order valence-corrected chi connectivity index (χ4v) is 5.44. The first-order chi connectivity index (χ1) is 19.9. The van der Waals surface area contributed by atoms with E-state index >= 15 is 0 Å². The minimum absolute atomic E-state index is 0.844. The zero-order chi connectivity index (χ0) is 26.7. The van der Waals surface area contributed by atoms with Crippen LogP contribution in [0.4, 0.5) is 17.1 Å². The van der Waals surface area contributed by atoms with Crippen molar-refractivity contribution in [3.63, 3.8) is 0 Å². The molecular weight excluding hydrogens is 486 g/mol. The van der Waals surface area contributed by atoms with E-state index in [4.69, 9.17) is 4.42 Å². The molecule has 0 bridgehead atoms. The number of para-hydroxylation sites is 4. The lowest BCUT2D eigenvalue weighted by Gasteiger charge is -2.31. The predicted molar refractivity (Wildman–Crippen MR) is 167 cm³/mol. The second-order valence-corrected chi connectivity index (χ2v) is 9.77. The fraction of sp³-hybridized carbons (Fsp3) is 0. The minimum Gasteiger partial charge on any atom is -0.456 e. The summed E-state index contributed by atoms with van der Waals surface area (Å²) in [5.41, 5.74) is 9.81. The van der Waals surface area contributed by atoms with Crippen molar-refractivity contribution in [3.8, 4) is 33.6 Å². The van der Waals surface area contributed by atoms with E-state index in [0.717, 1.165) is 50.5 Å². The van der Waals surface area contributed by atoms with Gasteiger partial charge in [-0.1, -0.05) is 127 Å². The fourth-order valence-electron chi connectivity index (χ4n) is 5.44. The van der Waals surface area contributed by atoms with Gasteiger partial charge in [0.05, 0.1) is 17.1 Å². The van der Waals surface area contributed by atoms with Crippen LogP contribution in [0.15, 0.2) is 168 Å². The van der Waals surface area contributed by atoms with Crippen LogP contribution < -0.4 is 4.90 Å². The van der Waals surface area contributed by atoms with Gasteiger partial charge < -0.3 is 9.32 Å². The van der Waals surface area contributed by atoms with E-state index in [2.05, 4.69) is 150 Å². The number of nitrogens with zero attached hydrogens (tertiary/aromatic N) is 1. The maximum absolute atomic E-state index is 6.42. The van der Waals surface area contributed by atoms with Crippen molar-refractivity contribution in [2.75, 3.05) is 4.90 Å². The third-order valence-corrected chi connectivity index (χ3v) is 7.30. The van der Waals surface area contributed by atoms with E-state index in [1.165, 1.54) is 11.1 Å². The Balaban J connectivity index is 1.52. The molecule has 0 N–H and O–H groups in total. The standard InChI is InChI=1S/C38H27NO/c1-3-15-28(16-4-1)31-20-8-11-23-34(31)39(35-24-12-9-21-32(35)29-17-5-2-6-18-29)36-25-13-10-22-33(36)38-27-30-19-7-14-26-37(30)40-38/h1-27H. The van der Waals surface area contributed by atoms with Crippen LogP contribution in [0.5, 0.6) is 0 Å². The first-order valence-electron chi connectivity index (χ1n) is 13.5. The lowest BCUT2D eigenvalue weighted by atomic mass is 9.98. The number of furan rings is 1. The van der Waals surface area contributed by atoms with Crippen molar-refractivity contribution < 1.29 is 4.42 Å². The molecular formula is C38H27NO. The summed E-state index contributed by atoms with van der Waals surface area (Å²) >= 11 is 0. The molecule has 1 aromatic heterocycles. The summed E-state index contributed by atoms with van der Waals surface area (Å²) in [7, 11) is 0. The molecule has 7 aromatic rings. The minimum atomic E-state index is 0.844. The number of benzene rings is 6. The average molecular weight is 514 g/mol. The predicted octanol–water partition coefficient (Wildman–Crippen LogP) is 10.9. The van der Waals surface area contributed by atoms with Crippen LogP contribution in [0.1, 0.15) is 0 Å². The van der Waals surface area contributed by atoms with E-state index in [-0.39, 0.29) is 0 Å². The number of anilines is 3. The molecule has 0 atom stereocenters. The highest BCUT2D eigenvalue weighted by Gasteiger charge is 2.23. The molecule has 0 amide bonds. The van der Waals surface area contributed by atoms with Crippen molar-refractivity contribution in [1.82, 2.24) is 0 Å². The normalized spacial score (nSPS) is 11.0. The first-order valence-corrected chi connectivity index (χ1v) is 13.5. The number of hydrogen-bond acceptors (Lipinski definition) is 2. The molecule has 0 spiro atoms. The second-order valence-electron chi connectivity index (χ2n) is 9.77. The molecule has 0 fully saturated rings. The molecule has 6 aromatic carbocycles. The quantitative estimate of drug-likeness (QED) is 0.220. The van der Waals surface area contributed by atoms with Gasteiger partial charge in [0.2, 0.25) is 0 Å². The molecule has 2 nitrogen and oxygen atoms in total. The summed E-state index contributed by atoms with van der Waals surface area (Å²) in [6.07, 6.45) is 0. The number of rotatable bonds is 6. The molecule has 0 aliphatic rings. The zero-order valence-corrected chi connectivity index (χ0v) is 21.9. The van der Waals surface area contributed by atoms with E-state index in [1.807, 2.05) is 18.2 Å². The number of hydrogen-bond donors (Lipinski definition) is 0. The summed E-state index contributed by atoms with van der Waals surface area (Å²) in [5.74, 6) is 0.844. The summed E-state index contributed by atoms with van der Waals surface area (Å²) in [5, 5.41) is 1.09. The summed E-state index contributed by atoms with van der Waals surface area (Å²) in [4.78, 5) is 2.38. The van der Waals surface area contributed by atoms with Gasteiger partial charge in [-0.15, -0.1) is 0 Å². The van der Waals surface area contributed by atoms with Crippen molar-refractivity contribution in [2.45, 2.75) is 0 Å². The van der Waals surface area contributed by atoms with Crippen LogP contribution in [0.3, 0.4) is 0 Å². The largest absolute Gasteiger partial charge is 0.456 e. The van der Waals surface area contributed by atoms with Crippen molar-refractivity contribution in [2.24, 2.45) is 0 Å². The molecule has 2 heteroatoms. The molecule has 0 aliphatic carbocycles. The number of fused-ring (bicyclic) bond motifs is 1. The Morgan fingerprint density at radius 2 is 0.800 bits per heavy atom. The van der Waals surface area contributed by atoms with Crippen molar-refractivity contribution in [1.29, 1.82) is 0 Å². The van der Waals surface area contributed by atoms with E-state index < -0.39 is 0 Å². The van der Waals surface area contributed by atoms with Gasteiger partial charge in [-0.05, 0) is 47.5 Å². The van der Waals surface area contributed by atoms with Crippen LogP contribution in [-0.4, -0.2) is 0 Å². The van der Waals surface area contributed by atoms with Gasteiger partial charge in [-0.3, -0.25) is 0 Å². The molecule has 0 saturated carbocycles. The molecule has 1 heterocycles. The van der Waals surface area contributed by atoms with Crippen LogP contribution in [0.25, 0.3) is 44.5 Å². The molecule has 0 saturated heterocycles. The molecule has 190 valence electrons. The monoisotopic (exact) mass is 513 g/mol. The molecule has 40 heavy (non-hydrogen) atoms. The SMILES string of the molecule is c1ccc(-c2ccccc2N(c2ccccc2-c2ccccc2)c2ccccc2-c2cc3ccccc3o2)cc1. The second kappa shape index (κ2) is 10.4. The highest BCUT2D eigenvalue weighted by molar-refractivity contribution is 5.97. The zero-order valence-electron chi connectivity index (χ0n) is 21.9. The Labute approximate surface area is 234 Å². The maximum Gasteiger partial charge on any atom is 0.137 e. The van der Waals surface area contributed by atoms with Gasteiger partial charge in [0.15, 0.2) is 0 Å². The van der Waals surface area contributed by atoms with Crippen LogP contribution in [0, 0.1) is 0 Å². The summed E-state index contributed by atoms with van der Waals surface area (Å²) in [6.45, 7) is 0. The third kappa shape index (κ3) is 4.36. The Kier molecular flexibility index (Phi) is 6.20. The van der Waals surface area contributed by atoms with Crippen molar-refractivity contribution >= 4 is 28.0 Å². The van der Waals surface area contributed by atoms with Crippen LogP contribution in [0.2, 0.25) is 0 Å². The Bertz CT molecular complexity index is 1790. The molecule has 7 rings (SSSR count). The Morgan fingerprint density at radius 3 is 1.35 bits per heavy atom. The van der Waals surface area contributed by atoms with Crippen molar-refractivity contribution in [3.05, 3.63) is 164 Å². The first kappa shape index (κ1) is 23.8. The topological polar surface area (TPSA) is 16.4 Å². The molecule has 0 radical (unpaired) electrons. The summed E-state index contributed by atoms with van der Waals surface area (Å²) in [6, 6.07) is 57.3. The van der Waals surface area contributed by atoms with Gasteiger partial charge in [0.1, 0.15) is 11.3 Å². The highest BCUT2D eigenvalue weighted by atomic mass is 16.3. The van der Waals surface area contributed by atoms with Gasteiger partial charge in [-0.25, -0.2) is 0 Å². The highest BCUT2D eigenvalue weighted by Crippen LogP contribution is 2.47. The van der Waals surface area contributed by atoms with E-state index in [9.17, 15) is 0 Å². The maximum atomic E-state index is 6.42. The van der Waals surface area contributed by atoms with Gasteiger partial charge in [0, 0.05) is 22.1 Å². The Morgan fingerprint density at radius 1 is 0.375 bits per heavy atom. The lowest BCUT2D eigenvalue weighted by molar-refractivity contribution is 0.631. The molecule has 0 aliphatic heterocycles. The lowest BCUT2D eigenvalue weighted by Crippen LogP contribution is -2.13. The van der Waals surface area contributed by atoms with Crippen LogP contribution >= 0.6 is 0 Å². The van der Waals surface area contributed by atoms with Gasteiger partial charge in [-0.2, -0.15) is 0 Å². The van der Waals surface area contributed by atoms with Gasteiger partial charge in [0.25, 0.3) is 0 Å².